The third-order valence-electron chi connectivity index (χ3n) is 2.87. The van der Waals surface area contributed by atoms with E-state index in [0.717, 1.165) is 0 Å². The Morgan fingerprint density at radius 1 is 1.20 bits per heavy atom. The van der Waals surface area contributed by atoms with Crippen LogP contribution in [0.1, 0.15) is 27.0 Å². The van der Waals surface area contributed by atoms with E-state index in [9.17, 15) is 13.2 Å². The van der Waals surface area contributed by atoms with Crippen LogP contribution in [-0.4, -0.2) is 34.7 Å². The Balaban J connectivity index is 3.31. The molecule has 0 N–H and O–H groups in total. The van der Waals surface area contributed by atoms with Gasteiger partial charge in [0.2, 0.25) is 0 Å². The minimum Gasteiger partial charge on any atom is -0.460 e. The number of hydrogen-bond acceptors (Lipinski definition) is 5. The molecule has 0 aliphatic carbocycles. The average molecular weight is 321 g/mol. The SMILES string of the molecule is COCCOC(=O)c1c(C)cc(C)c(S(=O)(=O)Cl)c1C. The van der Waals surface area contributed by atoms with E-state index in [2.05, 4.69) is 0 Å². The van der Waals surface area contributed by atoms with Crippen molar-refractivity contribution in [3.63, 3.8) is 0 Å². The molecule has 0 aromatic heterocycles. The van der Waals surface area contributed by atoms with Crippen LogP contribution in [0.3, 0.4) is 0 Å². The molecular formula is C13H17ClO5S. The van der Waals surface area contributed by atoms with Crippen molar-refractivity contribution in [1.29, 1.82) is 0 Å². The highest BCUT2D eigenvalue weighted by atomic mass is 35.7. The Morgan fingerprint density at radius 2 is 1.80 bits per heavy atom. The number of esters is 1. The van der Waals surface area contributed by atoms with Gasteiger partial charge in [-0.15, -0.1) is 0 Å². The Morgan fingerprint density at radius 3 is 2.30 bits per heavy atom. The molecule has 0 bridgehead atoms. The van der Waals surface area contributed by atoms with Crippen molar-refractivity contribution < 1.29 is 22.7 Å². The number of ether oxygens (including phenoxy) is 2. The number of aryl methyl sites for hydroxylation is 2. The number of carbonyl (C=O) groups is 1. The van der Waals surface area contributed by atoms with E-state index in [-0.39, 0.29) is 23.7 Å². The van der Waals surface area contributed by atoms with Gasteiger partial charge in [-0.25, -0.2) is 13.2 Å². The smallest absolute Gasteiger partial charge is 0.338 e. The Bertz CT molecular complexity index is 622. The van der Waals surface area contributed by atoms with Crippen molar-refractivity contribution in [2.45, 2.75) is 25.7 Å². The standard InChI is InChI=1S/C13H17ClO5S/c1-8-7-9(2)12(20(14,16)17)10(3)11(8)13(15)19-6-5-18-4/h7H,5-6H2,1-4H3. The molecule has 1 aromatic carbocycles. The summed E-state index contributed by atoms with van der Waals surface area (Å²) in [6.45, 7) is 5.27. The number of carbonyl (C=O) groups excluding carboxylic acids is 1. The molecule has 0 amide bonds. The second-order valence-electron chi connectivity index (χ2n) is 4.41. The summed E-state index contributed by atoms with van der Waals surface area (Å²) in [5.41, 5.74) is 1.68. The van der Waals surface area contributed by atoms with Crippen molar-refractivity contribution in [3.8, 4) is 0 Å². The van der Waals surface area contributed by atoms with Crippen LogP contribution >= 0.6 is 10.7 Å². The lowest BCUT2D eigenvalue weighted by Crippen LogP contribution is -2.15. The van der Waals surface area contributed by atoms with Gasteiger partial charge in [0.1, 0.15) is 6.61 Å². The topological polar surface area (TPSA) is 69.7 Å². The number of hydrogen-bond donors (Lipinski definition) is 0. The van der Waals surface area contributed by atoms with Gasteiger partial charge in [0.15, 0.2) is 0 Å². The minimum atomic E-state index is -3.92. The molecule has 112 valence electrons. The van der Waals surface area contributed by atoms with Crippen LogP contribution in [0.5, 0.6) is 0 Å². The molecular weight excluding hydrogens is 304 g/mol. The minimum absolute atomic E-state index is 0.0385. The van der Waals surface area contributed by atoms with E-state index >= 15 is 0 Å². The lowest BCUT2D eigenvalue weighted by molar-refractivity contribution is 0.0386. The van der Waals surface area contributed by atoms with E-state index in [1.807, 2.05) is 0 Å². The van der Waals surface area contributed by atoms with E-state index < -0.39 is 15.0 Å². The van der Waals surface area contributed by atoms with Gasteiger partial charge in [-0.1, -0.05) is 6.07 Å². The third kappa shape index (κ3) is 3.71. The maximum Gasteiger partial charge on any atom is 0.338 e. The molecule has 0 saturated heterocycles. The van der Waals surface area contributed by atoms with Crippen molar-refractivity contribution in [2.75, 3.05) is 20.3 Å². The monoisotopic (exact) mass is 320 g/mol. The lowest BCUT2D eigenvalue weighted by Gasteiger charge is -2.14. The summed E-state index contributed by atoms with van der Waals surface area (Å²) in [5, 5.41) is 0. The van der Waals surface area contributed by atoms with Crippen molar-refractivity contribution in [2.24, 2.45) is 0 Å². The molecule has 0 radical (unpaired) electrons. The highest BCUT2D eigenvalue weighted by Gasteiger charge is 2.24. The summed E-state index contributed by atoms with van der Waals surface area (Å²) >= 11 is 0. The summed E-state index contributed by atoms with van der Waals surface area (Å²) in [7, 11) is 3.00. The summed E-state index contributed by atoms with van der Waals surface area (Å²) < 4.78 is 33.1. The zero-order valence-corrected chi connectivity index (χ0v) is 13.4. The van der Waals surface area contributed by atoms with E-state index in [0.29, 0.717) is 16.7 Å². The van der Waals surface area contributed by atoms with Gasteiger partial charge in [-0.05, 0) is 37.5 Å². The van der Waals surface area contributed by atoms with E-state index in [4.69, 9.17) is 20.2 Å². The molecule has 0 saturated carbocycles. The molecule has 0 unspecified atom stereocenters. The summed E-state index contributed by atoms with van der Waals surface area (Å²) in [5.74, 6) is -0.585. The normalized spacial score (nSPS) is 11.4. The highest BCUT2D eigenvalue weighted by Crippen LogP contribution is 2.29. The fourth-order valence-electron chi connectivity index (χ4n) is 2.15. The predicted molar refractivity (Wildman–Crippen MR) is 75.9 cm³/mol. The van der Waals surface area contributed by atoms with Gasteiger partial charge >= 0.3 is 5.97 Å². The number of methoxy groups -OCH3 is 1. The Hall–Kier alpha value is -1.11. The van der Waals surface area contributed by atoms with Gasteiger partial charge < -0.3 is 9.47 Å². The summed E-state index contributed by atoms with van der Waals surface area (Å²) in [4.78, 5) is 12.0. The van der Waals surface area contributed by atoms with Crippen LogP contribution in [0, 0.1) is 20.8 Å². The number of halogens is 1. The van der Waals surface area contributed by atoms with Gasteiger partial charge in [0, 0.05) is 17.8 Å². The first-order chi connectivity index (χ1) is 9.20. The van der Waals surface area contributed by atoms with Crippen LogP contribution < -0.4 is 0 Å². The number of rotatable bonds is 5. The van der Waals surface area contributed by atoms with E-state index in [1.165, 1.54) is 7.11 Å². The molecule has 0 fully saturated rings. The first-order valence-corrected chi connectivity index (χ1v) is 8.22. The summed E-state index contributed by atoms with van der Waals surface area (Å²) in [6, 6.07) is 1.61. The second-order valence-corrected chi connectivity index (χ2v) is 6.91. The fourth-order valence-corrected chi connectivity index (χ4v) is 3.77. The van der Waals surface area contributed by atoms with Crippen molar-refractivity contribution in [1.82, 2.24) is 0 Å². The average Bonchev–Trinajstić information content (AvgIpc) is 2.26. The van der Waals surface area contributed by atoms with Crippen LogP contribution in [0.2, 0.25) is 0 Å². The largest absolute Gasteiger partial charge is 0.460 e. The van der Waals surface area contributed by atoms with Crippen LogP contribution in [0.25, 0.3) is 0 Å². The molecule has 0 aliphatic rings. The van der Waals surface area contributed by atoms with Gasteiger partial charge in [0.05, 0.1) is 17.1 Å². The molecule has 1 aromatic rings. The molecule has 7 heteroatoms. The van der Waals surface area contributed by atoms with Crippen LogP contribution in [-0.2, 0) is 18.5 Å². The van der Waals surface area contributed by atoms with Crippen molar-refractivity contribution in [3.05, 3.63) is 28.3 Å². The van der Waals surface area contributed by atoms with Crippen LogP contribution in [0.15, 0.2) is 11.0 Å². The lowest BCUT2D eigenvalue weighted by atomic mass is 10.00. The predicted octanol–water partition coefficient (Wildman–Crippen LogP) is 2.34. The maximum absolute atomic E-state index is 12.0. The first kappa shape index (κ1) is 16.9. The fraction of sp³-hybridized carbons (Fsp3) is 0.462. The zero-order chi connectivity index (χ0) is 15.5. The van der Waals surface area contributed by atoms with Crippen LogP contribution in [0.4, 0.5) is 0 Å². The zero-order valence-electron chi connectivity index (χ0n) is 11.8. The molecule has 0 aliphatic heterocycles. The maximum atomic E-state index is 12.0. The van der Waals surface area contributed by atoms with Gasteiger partial charge in [-0.2, -0.15) is 0 Å². The highest BCUT2D eigenvalue weighted by molar-refractivity contribution is 8.13. The van der Waals surface area contributed by atoms with E-state index in [1.54, 1.807) is 26.8 Å². The Labute approximate surface area is 123 Å². The molecule has 20 heavy (non-hydrogen) atoms. The quantitative estimate of drug-likeness (QED) is 0.473. The molecule has 0 atom stereocenters. The summed E-state index contributed by atoms with van der Waals surface area (Å²) in [6.07, 6.45) is 0. The Kier molecular flexibility index (Phi) is 5.56. The number of benzene rings is 1. The molecule has 1 rings (SSSR count). The van der Waals surface area contributed by atoms with Gasteiger partial charge in [-0.3, -0.25) is 0 Å². The molecule has 5 nitrogen and oxygen atoms in total. The van der Waals surface area contributed by atoms with Crippen molar-refractivity contribution >= 4 is 25.7 Å². The molecule has 0 heterocycles. The molecule has 0 spiro atoms. The van der Waals surface area contributed by atoms with Gasteiger partial charge in [0.25, 0.3) is 9.05 Å². The second kappa shape index (κ2) is 6.56. The first-order valence-electron chi connectivity index (χ1n) is 5.91. The third-order valence-corrected chi connectivity index (χ3v) is 4.45.